The standard InChI is InChI=1S/C17H24IN4O2/c1-18-19-12-14-5-7-16(8-6-14)22-13-15(20-21-22)9-11-24-17-4-2-3-10-23-17/h5-8,13,17,19H,2-4,9-12H2,1H3/q-1. The number of alkyl halides is 1. The first-order valence-electron chi connectivity index (χ1n) is 8.30. The van der Waals surface area contributed by atoms with Gasteiger partial charge in [-0.2, -0.15) is 0 Å². The average Bonchev–Trinajstić information content (AvgIpc) is 3.10. The molecule has 1 fully saturated rings. The molecule has 2 heterocycles. The first-order chi connectivity index (χ1) is 11.8. The number of nitrogens with zero attached hydrogens (tertiary/aromatic N) is 3. The Morgan fingerprint density at radius 2 is 2.21 bits per heavy atom. The summed E-state index contributed by atoms with van der Waals surface area (Å²) in [5, 5.41) is 8.44. The molecule has 0 amide bonds. The third-order valence-electron chi connectivity index (χ3n) is 3.95. The minimum absolute atomic E-state index is 0.0412. The number of hydrogen-bond donors (Lipinski definition) is 1. The van der Waals surface area contributed by atoms with Crippen molar-refractivity contribution in [1.82, 2.24) is 18.5 Å². The molecular weight excluding hydrogens is 419 g/mol. The molecule has 1 atom stereocenters. The summed E-state index contributed by atoms with van der Waals surface area (Å²) in [6.45, 7) is 2.37. The van der Waals surface area contributed by atoms with Crippen molar-refractivity contribution in [3.05, 3.63) is 41.7 Å². The molecule has 1 N–H and O–H groups in total. The van der Waals surface area contributed by atoms with Crippen molar-refractivity contribution in [2.75, 3.05) is 18.1 Å². The Kier molecular flexibility index (Phi) is 7.00. The van der Waals surface area contributed by atoms with Crippen LogP contribution in [0.15, 0.2) is 30.5 Å². The van der Waals surface area contributed by atoms with Gasteiger partial charge in [-0.1, -0.05) is 0 Å². The van der Waals surface area contributed by atoms with E-state index in [1.807, 2.05) is 10.9 Å². The zero-order valence-electron chi connectivity index (χ0n) is 13.9. The first-order valence-corrected chi connectivity index (χ1v) is 11.5. The van der Waals surface area contributed by atoms with Gasteiger partial charge in [0.2, 0.25) is 0 Å². The molecule has 1 aromatic carbocycles. The van der Waals surface area contributed by atoms with Crippen LogP contribution in [0.25, 0.3) is 5.69 Å². The van der Waals surface area contributed by atoms with Crippen LogP contribution in [0.4, 0.5) is 0 Å². The van der Waals surface area contributed by atoms with E-state index in [1.165, 1.54) is 12.0 Å². The Morgan fingerprint density at radius 3 is 2.96 bits per heavy atom. The second kappa shape index (κ2) is 9.45. The fourth-order valence-electron chi connectivity index (χ4n) is 2.59. The average molecular weight is 443 g/mol. The Labute approximate surface area is 153 Å². The van der Waals surface area contributed by atoms with Crippen LogP contribution >= 0.6 is 0 Å². The summed E-state index contributed by atoms with van der Waals surface area (Å²) in [7, 11) is 0. The monoisotopic (exact) mass is 443 g/mol. The molecule has 0 aliphatic carbocycles. The summed E-state index contributed by atoms with van der Waals surface area (Å²) in [6, 6.07) is 8.42. The summed E-state index contributed by atoms with van der Waals surface area (Å²) in [5.74, 6) is 0. The normalized spacial score (nSPS) is 18.1. The van der Waals surface area contributed by atoms with Gasteiger partial charge in [-0.3, -0.25) is 0 Å². The molecule has 0 spiro atoms. The number of hydrogen-bond acceptors (Lipinski definition) is 5. The second-order valence-electron chi connectivity index (χ2n) is 5.74. The number of benzene rings is 1. The quantitative estimate of drug-likeness (QED) is 0.325. The molecule has 2 aromatic rings. The predicted octanol–water partition coefficient (Wildman–Crippen LogP) is -0.924. The van der Waals surface area contributed by atoms with Crippen molar-refractivity contribution in [3.63, 3.8) is 0 Å². The van der Waals surface area contributed by atoms with Crippen LogP contribution in [0.2, 0.25) is 0 Å². The topological polar surface area (TPSA) is 61.2 Å². The van der Waals surface area contributed by atoms with E-state index in [0.29, 0.717) is 6.61 Å². The number of ether oxygens (including phenoxy) is 2. The Hall–Kier alpha value is -1.03. The Morgan fingerprint density at radius 1 is 1.33 bits per heavy atom. The SMILES string of the molecule is C[I-]NCc1ccc(-n2cc(CCOC3CCCCO3)nn2)cc1. The van der Waals surface area contributed by atoms with Gasteiger partial charge in [0, 0.05) is 6.61 Å². The molecule has 3 rings (SSSR count). The van der Waals surface area contributed by atoms with Crippen molar-refractivity contribution in [2.45, 2.75) is 38.5 Å². The minimum atomic E-state index is -0.0412. The molecule has 1 aromatic heterocycles. The van der Waals surface area contributed by atoms with E-state index >= 15 is 0 Å². The summed E-state index contributed by atoms with van der Waals surface area (Å²) in [4.78, 5) is 2.22. The van der Waals surface area contributed by atoms with E-state index in [1.54, 1.807) is 0 Å². The molecule has 132 valence electrons. The first kappa shape index (κ1) is 17.8. The number of nitrogens with one attached hydrogen (secondary N) is 1. The number of halogens is 1. The third-order valence-corrected chi connectivity index (χ3v) is 5.09. The molecular formula is C17H24IN4O2-. The predicted molar refractivity (Wildman–Crippen MR) is 87.4 cm³/mol. The molecule has 1 aliphatic rings. The molecule has 0 bridgehead atoms. The molecule has 6 nitrogen and oxygen atoms in total. The third kappa shape index (κ3) is 5.23. The molecule has 7 heteroatoms. The summed E-state index contributed by atoms with van der Waals surface area (Å²) in [6.07, 6.45) is 6.00. The Bertz CT molecular complexity index is 611. The van der Waals surface area contributed by atoms with E-state index in [0.717, 1.165) is 43.8 Å². The molecule has 1 saturated heterocycles. The van der Waals surface area contributed by atoms with Gasteiger partial charge < -0.3 is 4.74 Å². The van der Waals surface area contributed by atoms with E-state index in [9.17, 15) is 0 Å². The Balaban J connectivity index is 1.49. The van der Waals surface area contributed by atoms with Crippen molar-refractivity contribution in [1.29, 1.82) is 0 Å². The zero-order chi connectivity index (χ0) is 16.6. The van der Waals surface area contributed by atoms with E-state index in [-0.39, 0.29) is 27.8 Å². The van der Waals surface area contributed by atoms with E-state index in [4.69, 9.17) is 9.47 Å². The van der Waals surface area contributed by atoms with Gasteiger partial charge in [-0.05, 0) is 19.3 Å². The maximum absolute atomic E-state index is 5.75. The van der Waals surface area contributed by atoms with Crippen molar-refractivity contribution in [2.24, 2.45) is 0 Å². The number of aromatic nitrogens is 3. The van der Waals surface area contributed by atoms with Crippen LogP contribution in [0.1, 0.15) is 30.5 Å². The van der Waals surface area contributed by atoms with Crippen molar-refractivity contribution < 1.29 is 31.0 Å². The van der Waals surface area contributed by atoms with Gasteiger partial charge in [0.05, 0.1) is 0 Å². The summed E-state index contributed by atoms with van der Waals surface area (Å²) in [5.41, 5.74) is 3.26. The van der Waals surface area contributed by atoms with Crippen molar-refractivity contribution in [3.8, 4) is 5.69 Å². The molecule has 1 unspecified atom stereocenters. The fraction of sp³-hybridized carbons (Fsp3) is 0.529. The number of rotatable bonds is 8. The van der Waals surface area contributed by atoms with Crippen LogP contribution in [0.5, 0.6) is 0 Å². The second-order valence-corrected chi connectivity index (χ2v) is 7.58. The zero-order valence-corrected chi connectivity index (χ0v) is 16.1. The summed E-state index contributed by atoms with van der Waals surface area (Å²) >= 11 is 0.122. The van der Waals surface area contributed by atoms with Crippen LogP contribution < -0.4 is 25.0 Å². The maximum atomic E-state index is 5.75. The van der Waals surface area contributed by atoms with Gasteiger partial charge in [0.25, 0.3) is 0 Å². The van der Waals surface area contributed by atoms with Crippen LogP contribution in [-0.4, -0.2) is 39.4 Å². The van der Waals surface area contributed by atoms with Gasteiger partial charge in [-0.15, -0.1) is 0 Å². The van der Waals surface area contributed by atoms with Gasteiger partial charge in [-0.25, -0.2) is 0 Å². The molecule has 24 heavy (non-hydrogen) atoms. The van der Waals surface area contributed by atoms with Gasteiger partial charge >= 0.3 is 117 Å². The van der Waals surface area contributed by atoms with Gasteiger partial charge in [0.15, 0.2) is 6.29 Å². The fourth-order valence-corrected chi connectivity index (χ4v) is 3.41. The van der Waals surface area contributed by atoms with Crippen LogP contribution in [0, 0.1) is 0 Å². The molecule has 1 aliphatic heterocycles. The molecule has 0 radical (unpaired) electrons. The van der Waals surface area contributed by atoms with E-state index < -0.39 is 0 Å². The van der Waals surface area contributed by atoms with Crippen LogP contribution in [-0.2, 0) is 22.4 Å². The molecule has 0 saturated carbocycles. The van der Waals surface area contributed by atoms with Crippen LogP contribution in [0.3, 0.4) is 0 Å². The summed E-state index contributed by atoms with van der Waals surface area (Å²) < 4.78 is 16.6. The van der Waals surface area contributed by atoms with E-state index in [2.05, 4.69) is 43.0 Å². The van der Waals surface area contributed by atoms with Crippen molar-refractivity contribution >= 4 is 0 Å². The van der Waals surface area contributed by atoms with Gasteiger partial charge in [0.1, 0.15) is 0 Å².